The molecular formula is C23H21Cl2N3O2. The van der Waals surface area contributed by atoms with E-state index in [-0.39, 0.29) is 21.9 Å². The summed E-state index contributed by atoms with van der Waals surface area (Å²) < 4.78 is 0. The summed E-state index contributed by atoms with van der Waals surface area (Å²) in [7, 11) is 0. The number of azo groups is 1. The van der Waals surface area contributed by atoms with E-state index in [1.54, 1.807) is 36.4 Å². The molecule has 3 aromatic rings. The Hall–Kier alpha value is -2.89. The fraction of sp³-hybridized carbons (Fsp3) is 0.174. The van der Waals surface area contributed by atoms with E-state index in [4.69, 9.17) is 23.2 Å². The first-order valence-corrected chi connectivity index (χ1v) is 9.97. The summed E-state index contributed by atoms with van der Waals surface area (Å²) in [4.78, 5) is 4.33. The largest absolute Gasteiger partial charge is 0.507 e. The van der Waals surface area contributed by atoms with Crippen molar-refractivity contribution in [2.24, 2.45) is 15.2 Å². The zero-order chi connectivity index (χ0) is 21.9. The van der Waals surface area contributed by atoms with Crippen molar-refractivity contribution in [1.82, 2.24) is 0 Å². The lowest BCUT2D eigenvalue weighted by Crippen LogP contribution is -2.10. The quantitative estimate of drug-likeness (QED) is 0.319. The molecule has 2 N–H and O–H groups in total. The number of benzene rings is 3. The Morgan fingerprint density at radius 2 is 1.57 bits per heavy atom. The van der Waals surface area contributed by atoms with E-state index < -0.39 is 0 Å². The number of halogens is 2. The van der Waals surface area contributed by atoms with Gasteiger partial charge in [0.1, 0.15) is 17.1 Å². The summed E-state index contributed by atoms with van der Waals surface area (Å²) in [5.74, 6) is -0.0945. The smallest absolute Gasteiger partial charge is 0.159 e. The Labute approximate surface area is 185 Å². The van der Waals surface area contributed by atoms with Crippen LogP contribution in [0, 0.1) is 0 Å². The number of aliphatic imine (C=N–C) groups is 1. The minimum atomic E-state index is -0.164. The SMILES string of the molecule is CC(C)(C)c1cc(Cl)c(O)c(N=Cc2cc(N=Nc3ccccc3Cl)ccc2O)c1. The number of phenolic OH excluding ortho intramolecular Hbond substituents is 2. The predicted molar refractivity (Wildman–Crippen MR) is 123 cm³/mol. The molecule has 0 aliphatic carbocycles. The maximum absolute atomic E-state index is 10.3. The molecule has 0 atom stereocenters. The van der Waals surface area contributed by atoms with Gasteiger partial charge in [0.05, 0.1) is 15.7 Å². The highest BCUT2D eigenvalue weighted by Crippen LogP contribution is 2.39. The van der Waals surface area contributed by atoms with Gasteiger partial charge in [0.15, 0.2) is 5.75 Å². The number of hydrogen-bond donors (Lipinski definition) is 2. The van der Waals surface area contributed by atoms with Gasteiger partial charge >= 0.3 is 0 Å². The van der Waals surface area contributed by atoms with E-state index in [0.29, 0.717) is 27.6 Å². The van der Waals surface area contributed by atoms with Gasteiger partial charge in [-0.25, -0.2) is 0 Å². The highest BCUT2D eigenvalue weighted by Gasteiger charge is 2.18. The Balaban J connectivity index is 1.92. The van der Waals surface area contributed by atoms with Crippen LogP contribution in [0.4, 0.5) is 17.1 Å². The normalized spacial score (nSPS) is 12.2. The third-order valence-electron chi connectivity index (χ3n) is 4.39. The topological polar surface area (TPSA) is 77.5 Å². The molecular weight excluding hydrogens is 421 g/mol. The van der Waals surface area contributed by atoms with Crippen LogP contribution >= 0.6 is 23.2 Å². The molecule has 0 fully saturated rings. The van der Waals surface area contributed by atoms with Gasteiger partial charge in [-0.05, 0) is 53.4 Å². The lowest BCUT2D eigenvalue weighted by Gasteiger charge is -2.20. The molecule has 0 aliphatic heterocycles. The molecule has 0 radical (unpaired) electrons. The van der Waals surface area contributed by atoms with Crippen LogP contribution in [0.15, 0.2) is 69.8 Å². The molecule has 0 amide bonds. The van der Waals surface area contributed by atoms with Gasteiger partial charge in [0.2, 0.25) is 0 Å². The predicted octanol–water partition coefficient (Wildman–Crippen LogP) is 7.87. The van der Waals surface area contributed by atoms with Gasteiger partial charge in [0, 0.05) is 11.8 Å². The molecule has 30 heavy (non-hydrogen) atoms. The van der Waals surface area contributed by atoms with Crippen LogP contribution in [0.25, 0.3) is 0 Å². The number of hydrogen-bond acceptors (Lipinski definition) is 5. The highest BCUT2D eigenvalue weighted by atomic mass is 35.5. The molecule has 3 rings (SSSR count). The molecule has 0 bridgehead atoms. The van der Waals surface area contributed by atoms with Gasteiger partial charge in [-0.1, -0.05) is 56.1 Å². The summed E-state index contributed by atoms with van der Waals surface area (Å²) in [5, 5.41) is 29.5. The van der Waals surface area contributed by atoms with Crippen LogP contribution < -0.4 is 0 Å². The van der Waals surface area contributed by atoms with Gasteiger partial charge in [-0.2, -0.15) is 5.11 Å². The monoisotopic (exact) mass is 441 g/mol. The van der Waals surface area contributed by atoms with Crippen molar-refractivity contribution >= 4 is 46.5 Å². The Morgan fingerprint density at radius 3 is 2.27 bits per heavy atom. The molecule has 0 aromatic heterocycles. The lowest BCUT2D eigenvalue weighted by molar-refractivity contribution is 0.473. The summed E-state index contributed by atoms with van der Waals surface area (Å²) >= 11 is 12.3. The maximum Gasteiger partial charge on any atom is 0.159 e. The van der Waals surface area contributed by atoms with Crippen LogP contribution in [0.5, 0.6) is 11.5 Å². The summed E-state index contributed by atoms with van der Waals surface area (Å²) in [5.41, 5.74) is 2.56. The first-order chi connectivity index (χ1) is 14.1. The second-order valence-electron chi connectivity index (χ2n) is 7.73. The Kier molecular flexibility index (Phi) is 6.44. The van der Waals surface area contributed by atoms with Crippen LogP contribution in [-0.4, -0.2) is 16.4 Å². The fourth-order valence-electron chi connectivity index (χ4n) is 2.61. The molecule has 0 saturated carbocycles. The second kappa shape index (κ2) is 8.86. The maximum atomic E-state index is 10.3. The van der Waals surface area contributed by atoms with E-state index in [1.165, 1.54) is 12.3 Å². The number of nitrogens with zero attached hydrogens (tertiary/aromatic N) is 3. The third-order valence-corrected chi connectivity index (χ3v) is 5.00. The molecule has 0 spiro atoms. The molecule has 5 nitrogen and oxygen atoms in total. The average molecular weight is 442 g/mol. The molecule has 0 unspecified atom stereocenters. The lowest BCUT2D eigenvalue weighted by atomic mass is 9.87. The highest BCUT2D eigenvalue weighted by molar-refractivity contribution is 6.33. The molecule has 0 saturated heterocycles. The Morgan fingerprint density at radius 1 is 0.833 bits per heavy atom. The Bertz CT molecular complexity index is 1140. The van der Waals surface area contributed by atoms with Gasteiger partial charge in [-0.3, -0.25) is 4.99 Å². The van der Waals surface area contributed by atoms with Crippen molar-refractivity contribution in [2.45, 2.75) is 26.2 Å². The minimum absolute atomic E-state index is 0.0213. The summed E-state index contributed by atoms with van der Waals surface area (Å²) in [6.45, 7) is 6.13. The molecule has 0 aliphatic rings. The number of rotatable bonds is 4. The second-order valence-corrected chi connectivity index (χ2v) is 8.54. The van der Waals surface area contributed by atoms with Crippen molar-refractivity contribution in [1.29, 1.82) is 0 Å². The van der Waals surface area contributed by atoms with Crippen molar-refractivity contribution < 1.29 is 10.2 Å². The van der Waals surface area contributed by atoms with Gasteiger partial charge in [0.25, 0.3) is 0 Å². The van der Waals surface area contributed by atoms with Crippen LogP contribution in [-0.2, 0) is 5.41 Å². The van der Waals surface area contributed by atoms with Crippen molar-refractivity contribution in [3.63, 3.8) is 0 Å². The van der Waals surface area contributed by atoms with Crippen molar-refractivity contribution in [3.05, 3.63) is 75.8 Å². The van der Waals surface area contributed by atoms with Crippen LogP contribution in [0.3, 0.4) is 0 Å². The standard InChI is InChI=1S/C23H21Cl2N3O2/c1-23(2,3)15-11-18(25)22(30)20(12-15)26-13-14-10-16(8-9-21(14)29)27-28-19-7-5-4-6-17(19)24/h4-13,29-30H,1-3H3. The fourth-order valence-corrected chi connectivity index (χ4v) is 2.99. The van der Waals surface area contributed by atoms with Crippen LogP contribution in [0.1, 0.15) is 31.9 Å². The average Bonchev–Trinajstić information content (AvgIpc) is 2.69. The number of aromatic hydroxyl groups is 2. The van der Waals surface area contributed by atoms with Crippen LogP contribution in [0.2, 0.25) is 10.0 Å². The zero-order valence-electron chi connectivity index (χ0n) is 16.8. The van der Waals surface area contributed by atoms with E-state index in [2.05, 4.69) is 15.2 Å². The van der Waals surface area contributed by atoms with Crippen molar-refractivity contribution in [3.8, 4) is 11.5 Å². The zero-order valence-corrected chi connectivity index (χ0v) is 18.3. The van der Waals surface area contributed by atoms with E-state index in [9.17, 15) is 10.2 Å². The number of phenols is 2. The minimum Gasteiger partial charge on any atom is -0.507 e. The first-order valence-electron chi connectivity index (χ1n) is 9.21. The molecule has 7 heteroatoms. The van der Waals surface area contributed by atoms with E-state index in [0.717, 1.165) is 5.56 Å². The summed E-state index contributed by atoms with van der Waals surface area (Å²) in [6.07, 6.45) is 1.45. The molecule has 3 aromatic carbocycles. The van der Waals surface area contributed by atoms with E-state index in [1.807, 2.05) is 32.9 Å². The van der Waals surface area contributed by atoms with Gasteiger partial charge < -0.3 is 10.2 Å². The first kappa shape index (κ1) is 21.8. The third kappa shape index (κ3) is 5.17. The van der Waals surface area contributed by atoms with E-state index >= 15 is 0 Å². The van der Waals surface area contributed by atoms with Gasteiger partial charge in [-0.15, -0.1) is 5.11 Å². The molecule has 154 valence electrons. The summed E-state index contributed by atoms with van der Waals surface area (Å²) in [6, 6.07) is 15.4. The molecule has 0 heterocycles. The van der Waals surface area contributed by atoms with Crippen molar-refractivity contribution in [2.75, 3.05) is 0 Å².